The number of ketones is 2. The molecule has 0 aromatic heterocycles. The molecule has 0 unspecified atom stereocenters. The average Bonchev–Trinajstić information content (AvgIpc) is 2.67. The standard InChI is InChI=1S/C19H15BrO3.C2H6/c20-9-18(22)12-4-5-14-13(6-12)10-23-19-8-15-11(7-16(14)19)2-1-3-17(15)21;1-2/h4-8H,1-3,9-10H2;1-2H3. The SMILES string of the molecule is CC.O=C(CBr)c1ccc2c(c1)COc1cc3c(cc1-2)CCCC3=O. The van der Waals surface area contributed by atoms with Crippen LogP contribution in [0, 0.1) is 0 Å². The van der Waals surface area contributed by atoms with Crippen molar-refractivity contribution in [2.24, 2.45) is 0 Å². The van der Waals surface area contributed by atoms with Crippen LogP contribution in [0.15, 0.2) is 30.3 Å². The number of halogens is 1. The van der Waals surface area contributed by atoms with Crippen molar-refractivity contribution in [1.29, 1.82) is 0 Å². The molecule has 0 fully saturated rings. The highest BCUT2D eigenvalue weighted by atomic mass is 79.9. The van der Waals surface area contributed by atoms with Crippen molar-refractivity contribution in [1.82, 2.24) is 0 Å². The molecule has 3 nitrogen and oxygen atoms in total. The fourth-order valence-corrected chi connectivity index (χ4v) is 3.70. The maximum Gasteiger partial charge on any atom is 0.173 e. The summed E-state index contributed by atoms with van der Waals surface area (Å²) in [6.07, 6.45) is 2.47. The van der Waals surface area contributed by atoms with Gasteiger partial charge in [0, 0.05) is 23.1 Å². The van der Waals surface area contributed by atoms with Crippen LogP contribution in [-0.2, 0) is 13.0 Å². The number of hydrogen-bond acceptors (Lipinski definition) is 3. The molecule has 1 heterocycles. The Balaban J connectivity index is 0.000000880. The van der Waals surface area contributed by atoms with Crippen molar-refractivity contribution in [3.8, 4) is 16.9 Å². The highest BCUT2D eigenvalue weighted by Crippen LogP contribution is 2.41. The summed E-state index contributed by atoms with van der Waals surface area (Å²) in [5.74, 6) is 1.04. The monoisotopic (exact) mass is 400 g/mol. The predicted octanol–water partition coefficient (Wildman–Crippen LogP) is 5.37. The summed E-state index contributed by atoms with van der Waals surface area (Å²) in [5, 5.41) is 0.318. The molecule has 0 atom stereocenters. The van der Waals surface area contributed by atoms with Gasteiger partial charge in [0.25, 0.3) is 0 Å². The molecular formula is C21H21BrO3. The number of aryl methyl sites for hydroxylation is 1. The van der Waals surface area contributed by atoms with Gasteiger partial charge in [0.2, 0.25) is 0 Å². The molecule has 1 aliphatic carbocycles. The first kappa shape index (κ1) is 17.9. The summed E-state index contributed by atoms with van der Waals surface area (Å²) < 4.78 is 5.86. The van der Waals surface area contributed by atoms with E-state index in [-0.39, 0.29) is 11.6 Å². The Morgan fingerprint density at radius 1 is 1.04 bits per heavy atom. The molecule has 0 amide bonds. The van der Waals surface area contributed by atoms with Crippen LogP contribution in [0.2, 0.25) is 0 Å². The molecule has 0 N–H and O–H groups in total. The summed E-state index contributed by atoms with van der Waals surface area (Å²) >= 11 is 3.21. The van der Waals surface area contributed by atoms with E-state index >= 15 is 0 Å². The minimum atomic E-state index is 0.0645. The largest absolute Gasteiger partial charge is 0.488 e. The zero-order valence-corrected chi connectivity index (χ0v) is 16.1. The van der Waals surface area contributed by atoms with E-state index in [0.29, 0.717) is 23.9 Å². The van der Waals surface area contributed by atoms with E-state index in [9.17, 15) is 9.59 Å². The molecule has 0 bridgehead atoms. The van der Waals surface area contributed by atoms with Crippen LogP contribution in [0.25, 0.3) is 11.1 Å². The number of rotatable bonds is 2. The molecule has 1 aliphatic heterocycles. The number of carbonyl (C=O) groups is 2. The summed E-state index contributed by atoms with van der Waals surface area (Å²) in [6.45, 7) is 4.43. The van der Waals surface area contributed by atoms with Crippen LogP contribution >= 0.6 is 15.9 Å². The van der Waals surface area contributed by atoms with Gasteiger partial charge in [0.15, 0.2) is 11.6 Å². The summed E-state index contributed by atoms with van der Waals surface area (Å²) in [5.41, 5.74) is 5.75. The quantitative estimate of drug-likeness (QED) is 0.502. The summed E-state index contributed by atoms with van der Waals surface area (Å²) in [7, 11) is 0. The second kappa shape index (κ2) is 7.52. The second-order valence-corrected chi connectivity index (χ2v) is 6.56. The molecule has 0 saturated carbocycles. The number of benzene rings is 2. The molecular weight excluding hydrogens is 380 g/mol. The lowest BCUT2D eigenvalue weighted by molar-refractivity contribution is 0.0970. The number of ether oxygens (including phenoxy) is 1. The molecule has 130 valence electrons. The third-order valence-corrected chi connectivity index (χ3v) is 5.09. The van der Waals surface area contributed by atoms with Crippen molar-refractivity contribution in [2.75, 3.05) is 5.33 Å². The lowest BCUT2D eigenvalue weighted by Crippen LogP contribution is -2.14. The fourth-order valence-electron chi connectivity index (χ4n) is 3.38. The minimum absolute atomic E-state index is 0.0645. The fraction of sp³-hybridized carbons (Fsp3) is 0.333. The normalized spacial score (nSPS) is 14.3. The lowest BCUT2D eigenvalue weighted by atomic mass is 9.86. The Hall–Kier alpha value is -1.94. The first-order valence-corrected chi connectivity index (χ1v) is 9.85. The smallest absolute Gasteiger partial charge is 0.173 e. The van der Waals surface area contributed by atoms with Gasteiger partial charge in [0.05, 0.1) is 5.33 Å². The highest BCUT2D eigenvalue weighted by Gasteiger charge is 2.24. The first-order chi connectivity index (χ1) is 12.2. The third-order valence-electron chi connectivity index (χ3n) is 4.58. The van der Waals surface area contributed by atoms with Crippen LogP contribution in [-0.4, -0.2) is 16.9 Å². The van der Waals surface area contributed by atoms with Crippen LogP contribution in [0.5, 0.6) is 5.75 Å². The predicted molar refractivity (Wildman–Crippen MR) is 103 cm³/mol. The Morgan fingerprint density at radius 3 is 2.60 bits per heavy atom. The van der Waals surface area contributed by atoms with E-state index in [2.05, 4.69) is 22.0 Å². The number of alkyl halides is 1. The first-order valence-electron chi connectivity index (χ1n) is 8.73. The Bertz CT molecular complexity index is 839. The maximum absolute atomic E-state index is 12.1. The van der Waals surface area contributed by atoms with Crippen molar-refractivity contribution in [2.45, 2.75) is 39.7 Å². The lowest BCUT2D eigenvalue weighted by Gasteiger charge is -2.24. The highest BCUT2D eigenvalue weighted by molar-refractivity contribution is 9.09. The van der Waals surface area contributed by atoms with E-state index in [1.807, 2.05) is 38.1 Å². The van der Waals surface area contributed by atoms with Gasteiger partial charge >= 0.3 is 0 Å². The zero-order valence-electron chi connectivity index (χ0n) is 14.5. The topological polar surface area (TPSA) is 43.4 Å². The van der Waals surface area contributed by atoms with Gasteiger partial charge in [-0.15, -0.1) is 0 Å². The summed E-state index contributed by atoms with van der Waals surface area (Å²) in [6, 6.07) is 9.75. The molecule has 2 aliphatic rings. The van der Waals surface area contributed by atoms with Gasteiger partial charge in [-0.3, -0.25) is 9.59 Å². The molecule has 0 radical (unpaired) electrons. The molecule has 0 spiro atoms. The number of hydrogen-bond donors (Lipinski definition) is 0. The van der Waals surface area contributed by atoms with Gasteiger partial charge in [-0.1, -0.05) is 41.9 Å². The Kier molecular flexibility index (Phi) is 5.38. The van der Waals surface area contributed by atoms with E-state index in [1.54, 1.807) is 0 Å². The molecule has 2 aromatic carbocycles. The van der Waals surface area contributed by atoms with Gasteiger partial charge in [-0.2, -0.15) is 0 Å². The van der Waals surface area contributed by atoms with E-state index in [0.717, 1.165) is 46.4 Å². The molecule has 4 heteroatoms. The van der Waals surface area contributed by atoms with Crippen LogP contribution in [0.3, 0.4) is 0 Å². The number of carbonyl (C=O) groups excluding carboxylic acids is 2. The van der Waals surface area contributed by atoms with Crippen molar-refractivity contribution in [3.63, 3.8) is 0 Å². The van der Waals surface area contributed by atoms with Gasteiger partial charge in [0.1, 0.15) is 12.4 Å². The van der Waals surface area contributed by atoms with Crippen LogP contribution in [0.1, 0.15) is 58.5 Å². The number of Topliss-reactive ketones (excluding diaryl/α,β-unsaturated/α-hetero) is 2. The van der Waals surface area contributed by atoms with E-state index < -0.39 is 0 Å². The third kappa shape index (κ3) is 3.28. The molecule has 4 rings (SSSR count). The molecule has 0 saturated heterocycles. The van der Waals surface area contributed by atoms with Crippen molar-refractivity contribution >= 4 is 27.5 Å². The van der Waals surface area contributed by atoms with Crippen LogP contribution < -0.4 is 4.74 Å². The van der Waals surface area contributed by atoms with E-state index in [4.69, 9.17) is 4.74 Å². The zero-order chi connectivity index (χ0) is 18.0. The van der Waals surface area contributed by atoms with Gasteiger partial charge < -0.3 is 4.74 Å². The van der Waals surface area contributed by atoms with Crippen LogP contribution in [0.4, 0.5) is 0 Å². The molecule has 25 heavy (non-hydrogen) atoms. The van der Waals surface area contributed by atoms with Crippen molar-refractivity contribution < 1.29 is 14.3 Å². The van der Waals surface area contributed by atoms with E-state index in [1.165, 1.54) is 0 Å². The average molecular weight is 401 g/mol. The van der Waals surface area contributed by atoms with Gasteiger partial charge in [-0.05, 0) is 47.7 Å². The number of fused-ring (bicyclic) bond motifs is 4. The van der Waals surface area contributed by atoms with Crippen molar-refractivity contribution in [3.05, 3.63) is 52.6 Å². The minimum Gasteiger partial charge on any atom is -0.488 e. The Morgan fingerprint density at radius 2 is 1.84 bits per heavy atom. The maximum atomic E-state index is 12.1. The molecule has 2 aromatic rings. The second-order valence-electron chi connectivity index (χ2n) is 6.00. The summed E-state index contributed by atoms with van der Waals surface area (Å²) in [4.78, 5) is 23.9. The Labute approximate surface area is 156 Å². The van der Waals surface area contributed by atoms with Gasteiger partial charge in [-0.25, -0.2) is 0 Å².